The molecule has 1 fully saturated rings. The van der Waals surface area contributed by atoms with Crippen molar-refractivity contribution in [3.05, 3.63) is 53.3 Å². The second-order valence-electron chi connectivity index (χ2n) is 8.52. The first-order valence-electron chi connectivity index (χ1n) is 11.2. The third-order valence-corrected chi connectivity index (χ3v) is 5.72. The number of fused-ring (bicyclic) bond motifs is 1. The Morgan fingerprint density at radius 1 is 1.22 bits per heavy atom. The summed E-state index contributed by atoms with van der Waals surface area (Å²) in [7, 11) is 4.09. The monoisotopic (exact) mass is 436 g/mol. The van der Waals surface area contributed by atoms with Crippen LogP contribution in [0.25, 0.3) is 11.0 Å². The average molecular weight is 437 g/mol. The van der Waals surface area contributed by atoms with Gasteiger partial charge < -0.3 is 20.3 Å². The molecule has 0 spiro atoms. The molecule has 8 nitrogen and oxygen atoms in total. The van der Waals surface area contributed by atoms with Crippen LogP contribution in [0.1, 0.15) is 41.3 Å². The van der Waals surface area contributed by atoms with Crippen LogP contribution >= 0.6 is 0 Å². The number of carbonyl (C=O) groups is 1. The van der Waals surface area contributed by atoms with Gasteiger partial charge in [0.2, 0.25) is 0 Å². The lowest BCUT2D eigenvalue weighted by Crippen LogP contribution is -2.30. The van der Waals surface area contributed by atoms with Crippen LogP contribution in [0.15, 0.2) is 36.7 Å². The van der Waals surface area contributed by atoms with Crippen molar-refractivity contribution in [3.8, 4) is 0 Å². The smallest absolute Gasteiger partial charge is 0.255 e. The molecular formula is C24H32N6O2. The van der Waals surface area contributed by atoms with Gasteiger partial charge in [-0.05, 0) is 45.0 Å². The highest BCUT2D eigenvalue weighted by Gasteiger charge is 2.22. The molecular weight excluding hydrogens is 404 g/mol. The maximum atomic E-state index is 13.2. The Labute approximate surface area is 189 Å². The van der Waals surface area contributed by atoms with Crippen LogP contribution in [-0.4, -0.2) is 58.9 Å². The molecule has 1 aliphatic heterocycles. The van der Waals surface area contributed by atoms with Gasteiger partial charge in [-0.15, -0.1) is 0 Å². The Balaban J connectivity index is 1.57. The molecule has 0 saturated carbocycles. The van der Waals surface area contributed by atoms with Gasteiger partial charge in [-0.2, -0.15) is 5.10 Å². The summed E-state index contributed by atoms with van der Waals surface area (Å²) in [5, 5.41) is 12.0. The fourth-order valence-corrected chi connectivity index (χ4v) is 4.11. The Morgan fingerprint density at radius 3 is 2.75 bits per heavy atom. The van der Waals surface area contributed by atoms with Gasteiger partial charge in [-0.25, -0.2) is 9.67 Å². The Kier molecular flexibility index (Phi) is 7.02. The fourth-order valence-electron chi connectivity index (χ4n) is 4.11. The van der Waals surface area contributed by atoms with Crippen LogP contribution < -0.4 is 10.6 Å². The first-order valence-corrected chi connectivity index (χ1v) is 11.2. The number of hydrogen-bond acceptors (Lipinski definition) is 6. The standard InChI is InChI=1S/C24H32N6O2/c1-4-30-23-20(15-27-30)22(28-19-8-10-32-11-9-19)21(14-25-23)24(31)26-13-17-6-5-7-18(12-17)16-29(2)3/h5-7,12,14-15,19H,4,8-11,13,16H2,1-3H3,(H,25,28)(H,26,31). The van der Waals surface area contributed by atoms with E-state index in [-0.39, 0.29) is 11.9 Å². The number of nitrogens with one attached hydrogen (secondary N) is 2. The number of hydrogen-bond donors (Lipinski definition) is 2. The number of nitrogens with zero attached hydrogens (tertiary/aromatic N) is 4. The van der Waals surface area contributed by atoms with Crippen molar-refractivity contribution < 1.29 is 9.53 Å². The largest absolute Gasteiger partial charge is 0.381 e. The lowest BCUT2D eigenvalue weighted by molar-refractivity contribution is 0.0904. The van der Waals surface area contributed by atoms with Crippen LogP contribution in [0, 0.1) is 0 Å². The van der Waals surface area contributed by atoms with E-state index in [1.54, 1.807) is 12.4 Å². The summed E-state index contributed by atoms with van der Waals surface area (Å²) in [6.45, 7) is 5.54. The molecule has 3 aromatic rings. The second kappa shape index (κ2) is 10.1. The summed E-state index contributed by atoms with van der Waals surface area (Å²) in [4.78, 5) is 19.9. The molecule has 0 atom stereocenters. The predicted octanol–water partition coefficient (Wildman–Crippen LogP) is 3.03. The topological polar surface area (TPSA) is 84.3 Å². The Hall–Kier alpha value is -2.97. The molecule has 0 radical (unpaired) electrons. The van der Waals surface area contributed by atoms with Crippen molar-refractivity contribution in [3.63, 3.8) is 0 Å². The van der Waals surface area contributed by atoms with Gasteiger partial charge in [0, 0.05) is 45.1 Å². The molecule has 0 unspecified atom stereocenters. The molecule has 1 aliphatic rings. The number of amides is 1. The number of aromatic nitrogens is 3. The number of benzene rings is 1. The summed E-state index contributed by atoms with van der Waals surface area (Å²) >= 11 is 0. The van der Waals surface area contributed by atoms with E-state index in [0.29, 0.717) is 12.1 Å². The summed E-state index contributed by atoms with van der Waals surface area (Å²) < 4.78 is 7.34. The van der Waals surface area contributed by atoms with E-state index in [2.05, 4.69) is 37.7 Å². The number of aryl methyl sites for hydroxylation is 1. The van der Waals surface area contributed by atoms with Crippen LogP contribution in [0.5, 0.6) is 0 Å². The molecule has 0 aliphatic carbocycles. The third-order valence-electron chi connectivity index (χ3n) is 5.72. The van der Waals surface area contributed by atoms with E-state index >= 15 is 0 Å². The van der Waals surface area contributed by atoms with E-state index < -0.39 is 0 Å². The maximum absolute atomic E-state index is 13.2. The number of anilines is 1. The minimum Gasteiger partial charge on any atom is -0.381 e. The van der Waals surface area contributed by atoms with Gasteiger partial charge >= 0.3 is 0 Å². The normalized spacial score (nSPS) is 14.8. The van der Waals surface area contributed by atoms with Crippen molar-refractivity contribution in [1.29, 1.82) is 0 Å². The molecule has 8 heteroatoms. The summed E-state index contributed by atoms with van der Waals surface area (Å²) in [5.74, 6) is -0.142. The molecule has 1 aromatic carbocycles. The van der Waals surface area contributed by atoms with Crippen molar-refractivity contribution in [2.45, 2.75) is 45.4 Å². The predicted molar refractivity (Wildman–Crippen MR) is 126 cm³/mol. The van der Waals surface area contributed by atoms with Gasteiger partial charge in [0.25, 0.3) is 5.91 Å². The minimum absolute atomic E-state index is 0.142. The Bertz CT molecular complexity index is 1070. The summed E-state index contributed by atoms with van der Waals surface area (Å²) in [6.07, 6.45) is 5.28. The zero-order chi connectivity index (χ0) is 22.5. The van der Waals surface area contributed by atoms with E-state index in [0.717, 1.165) is 61.4 Å². The zero-order valence-electron chi connectivity index (χ0n) is 19.1. The number of pyridine rings is 1. The highest BCUT2D eigenvalue weighted by atomic mass is 16.5. The van der Waals surface area contributed by atoms with E-state index in [1.807, 2.05) is 37.8 Å². The number of ether oxygens (including phenoxy) is 1. The molecule has 2 N–H and O–H groups in total. The van der Waals surface area contributed by atoms with E-state index in [1.165, 1.54) is 5.56 Å². The van der Waals surface area contributed by atoms with Gasteiger partial charge in [0.15, 0.2) is 5.65 Å². The van der Waals surface area contributed by atoms with E-state index in [9.17, 15) is 4.79 Å². The van der Waals surface area contributed by atoms with Gasteiger partial charge in [0.05, 0.1) is 22.8 Å². The lowest BCUT2D eigenvalue weighted by Gasteiger charge is -2.25. The number of rotatable bonds is 8. The van der Waals surface area contributed by atoms with Crippen LogP contribution in [0.2, 0.25) is 0 Å². The molecule has 170 valence electrons. The second-order valence-corrected chi connectivity index (χ2v) is 8.52. The summed E-state index contributed by atoms with van der Waals surface area (Å²) in [6, 6.07) is 8.56. The van der Waals surface area contributed by atoms with Crippen LogP contribution in [0.3, 0.4) is 0 Å². The van der Waals surface area contributed by atoms with Crippen molar-refractivity contribution >= 4 is 22.6 Å². The third kappa shape index (κ3) is 5.08. The van der Waals surface area contributed by atoms with Crippen LogP contribution in [-0.2, 0) is 24.4 Å². The lowest BCUT2D eigenvalue weighted by atomic mass is 10.1. The highest BCUT2D eigenvalue weighted by Crippen LogP contribution is 2.28. The molecule has 1 amide bonds. The fraction of sp³-hybridized carbons (Fsp3) is 0.458. The zero-order valence-corrected chi connectivity index (χ0v) is 19.1. The van der Waals surface area contributed by atoms with Crippen LogP contribution in [0.4, 0.5) is 5.69 Å². The van der Waals surface area contributed by atoms with Crippen molar-refractivity contribution in [2.75, 3.05) is 32.6 Å². The quantitative estimate of drug-likeness (QED) is 0.565. The first kappa shape index (κ1) is 22.2. The maximum Gasteiger partial charge on any atom is 0.255 e. The molecule has 2 aromatic heterocycles. The SMILES string of the molecule is CCn1ncc2c(NC3CCOCC3)c(C(=O)NCc3cccc(CN(C)C)c3)cnc21. The molecule has 0 bridgehead atoms. The Morgan fingerprint density at radius 2 is 2.00 bits per heavy atom. The van der Waals surface area contributed by atoms with Crippen molar-refractivity contribution in [2.24, 2.45) is 0 Å². The highest BCUT2D eigenvalue weighted by molar-refractivity contribution is 6.06. The first-order chi connectivity index (χ1) is 15.5. The van der Waals surface area contributed by atoms with Gasteiger partial charge in [0.1, 0.15) is 0 Å². The summed E-state index contributed by atoms with van der Waals surface area (Å²) in [5.41, 5.74) is 4.43. The van der Waals surface area contributed by atoms with Crippen molar-refractivity contribution in [1.82, 2.24) is 25.0 Å². The van der Waals surface area contributed by atoms with Gasteiger partial charge in [-0.3, -0.25) is 4.79 Å². The molecule has 4 rings (SSSR count). The molecule has 32 heavy (non-hydrogen) atoms. The number of carbonyl (C=O) groups excluding carboxylic acids is 1. The average Bonchev–Trinajstić information content (AvgIpc) is 3.22. The minimum atomic E-state index is -0.142. The molecule has 1 saturated heterocycles. The van der Waals surface area contributed by atoms with Gasteiger partial charge in [-0.1, -0.05) is 24.3 Å². The molecule has 3 heterocycles. The van der Waals surface area contributed by atoms with E-state index in [4.69, 9.17) is 4.74 Å².